The number of hydrogen-bond acceptors (Lipinski definition) is 6. The number of aromatic nitrogens is 4. The Morgan fingerprint density at radius 2 is 2.12 bits per heavy atom. The number of benzene rings is 1. The molecule has 7 nitrogen and oxygen atoms in total. The van der Waals surface area contributed by atoms with Gasteiger partial charge in [0.1, 0.15) is 0 Å². The van der Waals surface area contributed by atoms with Crippen LogP contribution in [0.2, 0.25) is 5.02 Å². The topological polar surface area (TPSA) is 98.7 Å². The van der Waals surface area contributed by atoms with Gasteiger partial charge in [-0.25, -0.2) is 4.68 Å². The number of thioether (sulfide) groups is 1. The maximum atomic E-state index is 12.2. The van der Waals surface area contributed by atoms with E-state index in [2.05, 4.69) is 20.5 Å². The first-order valence-corrected chi connectivity index (χ1v) is 9.20. The van der Waals surface area contributed by atoms with E-state index in [9.17, 15) is 4.79 Å². The van der Waals surface area contributed by atoms with Gasteiger partial charge in [0.2, 0.25) is 11.1 Å². The van der Waals surface area contributed by atoms with Gasteiger partial charge in [-0.3, -0.25) is 9.78 Å². The van der Waals surface area contributed by atoms with Crippen molar-refractivity contribution in [2.75, 3.05) is 11.6 Å². The summed E-state index contributed by atoms with van der Waals surface area (Å²) in [7, 11) is 0. The Kier molecular flexibility index (Phi) is 5.75. The van der Waals surface area contributed by atoms with Crippen LogP contribution in [0.3, 0.4) is 0 Å². The van der Waals surface area contributed by atoms with Gasteiger partial charge in [-0.15, -0.1) is 10.2 Å². The van der Waals surface area contributed by atoms with E-state index in [0.29, 0.717) is 16.0 Å². The van der Waals surface area contributed by atoms with Crippen LogP contribution < -0.4 is 11.2 Å². The van der Waals surface area contributed by atoms with E-state index in [-0.39, 0.29) is 17.7 Å². The van der Waals surface area contributed by atoms with Gasteiger partial charge in [0.25, 0.3) is 0 Å². The molecule has 3 aromatic rings. The fourth-order valence-electron chi connectivity index (χ4n) is 2.38. The van der Waals surface area contributed by atoms with Crippen LogP contribution in [-0.2, 0) is 4.79 Å². The van der Waals surface area contributed by atoms with Crippen molar-refractivity contribution in [1.82, 2.24) is 25.2 Å². The number of halogens is 1. The minimum absolute atomic E-state index is 0.145. The first-order valence-electron chi connectivity index (χ1n) is 7.83. The molecule has 1 amide bonds. The number of rotatable bonds is 6. The number of hydrogen-bond donors (Lipinski definition) is 2. The van der Waals surface area contributed by atoms with Gasteiger partial charge in [-0.2, -0.15) is 0 Å². The van der Waals surface area contributed by atoms with E-state index in [4.69, 9.17) is 17.4 Å². The van der Waals surface area contributed by atoms with E-state index in [1.54, 1.807) is 24.5 Å². The number of nitrogen functional groups attached to an aromatic ring is 1. The Morgan fingerprint density at radius 3 is 2.85 bits per heavy atom. The molecular weight excluding hydrogens is 372 g/mol. The van der Waals surface area contributed by atoms with Crippen molar-refractivity contribution >= 4 is 29.3 Å². The zero-order valence-electron chi connectivity index (χ0n) is 14.0. The molecule has 0 spiro atoms. The molecule has 0 bridgehead atoms. The average Bonchev–Trinajstić information content (AvgIpc) is 3.01. The summed E-state index contributed by atoms with van der Waals surface area (Å²) in [4.78, 5) is 16.3. The third-order valence-corrected chi connectivity index (χ3v) is 4.95. The summed E-state index contributed by atoms with van der Waals surface area (Å²) >= 11 is 7.37. The molecule has 134 valence electrons. The molecule has 0 aliphatic rings. The highest BCUT2D eigenvalue weighted by molar-refractivity contribution is 7.99. The summed E-state index contributed by atoms with van der Waals surface area (Å²) in [6, 6.07) is 10.9. The smallest absolute Gasteiger partial charge is 0.230 e. The molecule has 0 unspecified atom stereocenters. The van der Waals surface area contributed by atoms with E-state index in [1.807, 2.05) is 31.2 Å². The molecular formula is C17H17ClN6OS. The molecule has 3 rings (SSSR count). The summed E-state index contributed by atoms with van der Waals surface area (Å²) in [5, 5.41) is 12.1. The largest absolute Gasteiger partial charge is 0.349 e. The number of carbonyl (C=O) groups excluding carboxylic acids is 1. The van der Waals surface area contributed by atoms with Crippen molar-refractivity contribution in [1.29, 1.82) is 0 Å². The molecule has 2 heterocycles. The Morgan fingerprint density at radius 1 is 1.31 bits per heavy atom. The number of amides is 1. The fraction of sp³-hybridized carbons (Fsp3) is 0.176. The highest BCUT2D eigenvalue weighted by atomic mass is 35.5. The molecule has 0 saturated heterocycles. The lowest BCUT2D eigenvalue weighted by atomic mass is 10.1. The van der Waals surface area contributed by atoms with Crippen molar-refractivity contribution in [3.63, 3.8) is 0 Å². The van der Waals surface area contributed by atoms with E-state index in [1.165, 1.54) is 16.4 Å². The molecule has 9 heteroatoms. The highest BCUT2D eigenvalue weighted by Crippen LogP contribution is 2.23. The molecule has 0 aliphatic carbocycles. The number of pyridine rings is 1. The van der Waals surface area contributed by atoms with Crippen LogP contribution >= 0.6 is 23.4 Å². The Bertz CT molecular complexity index is 901. The molecule has 2 aromatic heterocycles. The first-order chi connectivity index (χ1) is 12.6. The molecule has 3 N–H and O–H groups in total. The van der Waals surface area contributed by atoms with Crippen LogP contribution in [0.15, 0.2) is 53.9 Å². The van der Waals surface area contributed by atoms with Gasteiger partial charge in [0.05, 0.1) is 11.8 Å². The number of carbonyl (C=O) groups is 1. The minimum Gasteiger partial charge on any atom is -0.349 e. The van der Waals surface area contributed by atoms with Crippen molar-refractivity contribution < 1.29 is 4.79 Å². The summed E-state index contributed by atoms with van der Waals surface area (Å²) in [5.41, 5.74) is 1.62. The first kappa shape index (κ1) is 18.2. The second kappa shape index (κ2) is 8.20. The summed E-state index contributed by atoms with van der Waals surface area (Å²) in [6.45, 7) is 1.88. The number of nitrogens with zero attached hydrogens (tertiary/aromatic N) is 4. The average molecular weight is 389 g/mol. The standard InChI is InChI=1S/C17H17ClN6OS/c1-11(13-6-2-3-7-14(13)18)21-15(25)10-26-17-23-22-16(24(17)19)12-5-4-8-20-9-12/h2-9,11H,10,19H2,1H3,(H,21,25)/t11-/m1/s1. The maximum Gasteiger partial charge on any atom is 0.230 e. The predicted octanol–water partition coefficient (Wildman–Crippen LogP) is 2.68. The third-order valence-electron chi connectivity index (χ3n) is 3.67. The summed E-state index contributed by atoms with van der Waals surface area (Å²) in [5.74, 6) is 6.54. The van der Waals surface area contributed by atoms with Gasteiger partial charge < -0.3 is 11.2 Å². The molecule has 0 aliphatic heterocycles. The zero-order chi connectivity index (χ0) is 18.5. The normalized spacial score (nSPS) is 11.9. The van der Waals surface area contributed by atoms with Crippen LogP contribution in [0.25, 0.3) is 11.4 Å². The SMILES string of the molecule is C[C@@H](NC(=O)CSc1nnc(-c2cccnc2)n1N)c1ccccc1Cl. The predicted molar refractivity (Wildman–Crippen MR) is 102 cm³/mol. The fourth-order valence-corrected chi connectivity index (χ4v) is 3.35. The molecule has 1 aromatic carbocycles. The van der Waals surface area contributed by atoms with Crippen LogP contribution in [0.1, 0.15) is 18.5 Å². The molecule has 0 saturated carbocycles. The zero-order valence-corrected chi connectivity index (χ0v) is 15.5. The van der Waals surface area contributed by atoms with Crippen molar-refractivity contribution in [3.05, 3.63) is 59.4 Å². The quantitative estimate of drug-likeness (QED) is 0.497. The van der Waals surface area contributed by atoms with Gasteiger partial charge in [0, 0.05) is 23.0 Å². The van der Waals surface area contributed by atoms with Crippen LogP contribution in [0.5, 0.6) is 0 Å². The molecule has 0 radical (unpaired) electrons. The lowest BCUT2D eigenvalue weighted by Gasteiger charge is -2.15. The van der Waals surface area contributed by atoms with Crippen LogP contribution in [0.4, 0.5) is 0 Å². The maximum absolute atomic E-state index is 12.2. The van der Waals surface area contributed by atoms with Gasteiger partial charge in [0.15, 0.2) is 5.82 Å². The van der Waals surface area contributed by atoms with E-state index in [0.717, 1.165) is 11.1 Å². The van der Waals surface area contributed by atoms with Gasteiger partial charge >= 0.3 is 0 Å². The minimum atomic E-state index is -0.196. The van der Waals surface area contributed by atoms with Crippen LogP contribution in [0, 0.1) is 0 Å². The number of nitrogens with two attached hydrogens (primary N) is 1. The van der Waals surface area contributed by atoms with E-state index >= 15 is 0 Å². The summed E-state index contributed by atoms with van der Waals surface area (Å²) in [6.07, 6.45) is 3.32. The number of nitrogens with one attached hydrogen (secondary N) is 1. The summed E-state index contributed by atoms with van der Waals surface area (Å²) < 4.78 is 1.35. The molecule has 1 atom stereocenters. The van der Waals surface area contributed by atoms with Gasteiger partial charge in [-0.1, -0.05) is 41.6 Å². The Hall–Kier alpha value is -2.58. The monoisotopic (exact) mass is 388 g/mol. The molecule has 0 fully saturated rings. The second-order valence-corrected chi connectivity index (χ2v) is 6.87. The lowest BCUT2D eigenvalue weighted by molar-refractivity contribution is -0.119. The van der Waals surface area contributed by atoms with Crippen molar-refractivity contribution in [3.8, 4) is 11.4 Å². The second-order valence-electron chi connectivity index (χ2n) is 5.52. The van der Waals surface area contributed by atoms with Crippen LogP contribution in [-0.4, -0.2) is 31.5 Å². The van der Waals surface area contributed by atoms with E-state index < -0.39 is 0 Å². The third kappa shape index (κ3) is 4.14. The Balaban J connectivity index is 1.60. The highest BCUT2D eigenvalue weighted by Gasteiger charge is 2.16. The Labute approximate surface area is 159 Å². The van der Waals surface area contributed by atoms with Crippen molar-refractivity contribution in [2.24, 2.45) is 0 Å². The molecule has 26 heavy (non-hydrogen) atoms. The van der Waals surface area contributed by atoms with Crippen molar-refractivity contribution in [2.45, 2.75) is 18.1 Å². The van der Waals surface area contributed by atoms with Gasteiger partial charge in [-0.05, 0) is 30.7 Å². The lowest BCUT2D eigenvalue weighted by Crippen LogP contribution is -2.28.